The van der Waals surface area contributed by atoms with E-state index >= 15 is 0 Å². The van der Waals surface area contributed by atoms with Gasteiger partial charge in [-0.2, -0.15) is 0 Å². The summed E-state index contributed by atoms with van der Waals surface area (Å²) in [7, 11) is 0. The van der Waals surface area contributed by atoms with E-state index in [0.29, 0.717) is 5.56 Å². The van der Waals surface area contributed by atoms with E-state index < -0.39 is 5.92 Å². The van der Waals surface area contributed by atoms with Crippen LogP contribution in [0.1, 0.15) is 45.1 Å². The maximum absolute atomic E-state index is 12.5. The Morgan fingerprint density at radius 1 is 1.35 bits per heavy atom. The Morgan fingerprint density at radius 2 is 1.90 bits per heavy atom. The van der Waals surface area contributed by atoms with Gasteiger partial charge in [0.15, 0.2) is 5.84 Å². The molecule has 5 heteroatoms. The Balaban J connectivity index is 3.05. The fourth-order valence-electron chi connectivity index (χ4n) is 1.96. The average Bonchev–Trinajstić information content (AvgIpc) is 2.48. The Hall–Kier alpha value is -2.04. The molecule has 0 spiro atoms. The second kappa shape index (κ2) is 6.93. The van der Waals surface area contributed by atoms with E-state index in [1.165, 1.54) is 0 Å². The lowest BCUT2D eigenvalue weighted by atomic mass is 9.91. The van der Waals surface area contributed by atoms with Crippen LogP contribution in [-0.2, 0) is 4.79 Å². The number of nitrogens with zero attached hydrogens (tertiary/aromatic N) is 1. The topological polar surface area (TPSA) is 87.7 Å². The largest absolute Gasteiger partial charge is 0.409 e. The Bertz CT molecular complexity index is 467. The molecule has 1 amide bonds. The molecule has 0 aromatic heterocycles. The number of hydrogen-bond acceptors (Lipinski definition) is 3. The summed E-state index contributed by atoms with van der Waals surface area (Å²) in [5, 5.41) is 14.9. The summed E-state index contributed by atoms with van der Waals surface area (Å²) in [6.07, 6.45) is 1.62. The molecule has 1 unspecified atom stereocenters. The first-order valence-corrected chi connectivity index (χ1v) is 6.81. The highest BCUT2D eigenvalue weighted by atomic mass is 16.4. The SMILES string of the molecule is CCC(C)(CC)NC(=O)C(/C(N)=N/O)c1ccccc1. The summed E-state index contributed by atoms with van der Waals surface area (Å²) >= 11 is 0. The molecule has 1 aromatic carbocycles. The smallest absolute Gasteiger partial charge is 0.235 e. The third-order valence-electron chi connectivity index (χ3n) is 3.79. The number of nitrogens with one attached hydrogen (secondary N) is 1. The van der Waals surface area contributed by atoms with Gasteiger partial charge in [-0.25, -0.2) is 0 Å². The van der Waals surface area contributed by atoms with Crippen molar-refractivity contribution < 1.29 is 10.0 Å². The Kier molecular flexibility index (Phi) is 5.55. The van der Waals surface area contributed by atoms with Crippen LogP contribution in [0.2, 0.25) is 0 Å². The van der Waals surface area contributed by atoms with Crippen LogP contribution in [0.25, 0.3) is 0 Å². The van der Waals surface area contributed by atoms with Crippen LogP contribution in [-0.4, -0.2) is 22.5 Å². The first-order valence-electron chi connectivity index (χ1n) is 6.81. The van der Waals surface area contributed by atoms with E-state index in [4.69, 9.17) is 10.9 Å². The second-order valence-electron chi connectivity index (χ2n) is 5.13. The lowest BCUT2D eigenvalue weighted by molar-refractivity contribution is -0.123. The van der Waals surface area contributed by atoms with Crippen molar-refractivity contribution >= 4 is 11.7 Å². The molecule has 110 valence electrons. The third-order valence-corrected chi connectivity index (χ3v) is 3.79. The summed E-state index contributed by atoms with van der Waals surface area (Å²) in [4.78, 5) is 12.5. The maximum atomic E-state index is 12.5. The van der Waals surface area contributed by atoms with Crippen molar-refractivity contribution in [3.05, 3.63) is 35.9 Å². The third kappa shape index (κ3) is 3.73. The minimum absolute atomic E-state index is 0.108. The number of nitrogens with two attached hydrogens (primary N) is 1. The van der Waals surface area contributed by atoms with Crippen LogP contribution in [0.4, 0.5) is 0 Å². The van der Waals surface area contributed by atoms with Crippen molar-refractivity contribution in [3.8, 4) is 0 Å². The first kappa shape index (κ1) is 16.0. The van der Waals surface area contributed by atoms with Crippen LogP contribution in [0.3, 0.4) is 0 Å². The van der Waals surface area contributed by atoms with Gasteiger partial charge in [0, 0.05) is 5.54 Å². The molecule has 0 fully saturated rings. The Morgan fingerprint density at radius 3 is 2.35 bits per heavy atom. The number of carbonyl (C=O) groups is 1. The van der Waals surface area contributed by atoms with Crippen molar-refractivity contribution in [2.45, 2.75) is 45.1 Å². The minimum atomic E-state index is -0.779. The van der Waals surface area contributed by atoms with E-state index in [1.54, 1.807) is 12.1 Å². The van der Waals surface area contributed by atoms with Gasteiger partial charge in [-0.15, -0.1) is 0 Å². The number of hydrogen-bond donors (Lipinski definition) is 3. The maximum Gasteiger partial charge on any atom is 0.235 e. The monoisotopic (exact) mass is 277 g/mol. The van der Waals surface area contributed by atoms with Crippen molar-refractivity contribution in [1.29, 1.82) is 0 Å². The second-order valence-corrected chi connectivity index (χ2v) is 5.13. The van der Waals surface area contributed by atoms with Crippen LogP contribution < -0.4 is 11.1 Å². The van der Waals surface area contributed by atoms with Crippen molar-refractivity contribution in [3.63, 3.8) is 0 Å². The molecule has 0 radical (unpaired) electrons. The molecule has 0 aliphatic carbocycles. The molecule has 5 nitrogen and oxygen atoms in total. The van der Waals surface area contributed by atoms with Gasteiger partial charge in [0.05, 0.1) is 0 Å². The summed E-state index contributed by atoms with van der Waals surface area (Å²) in [6.45, 7) is 6.02. The van der Waals surface area contributed by atoms with Crippen LogP contribution in [0.15, 0.2) is 35.5 Å². The van der Waals surface area contributed by atoms with Gasteiger partial charge in [0.2, 0.25) is 5.91 Å². The van der Waals surface area contributed by atoms with E-state index in [0.717, 1.165) is 12.8 Å². The average molecular weight is 277 g/mol. The van der Waals surface area contributed by atoms with Gasteiger partial charge in [-0.05, 0) is 25.3 Å². The quantitative estimate of drug-likeness (QED) is 0.322. The van der Waals surface area contributed by atoms with Gasteiger partial charge in [0.25, 0.3) is 0 Å². The van der Waals surface area contributed by atoms with Crippen molar-refractivity contribution in [1.82, 2.24) is 5.32 Å². The molecule has 0 saturated carbocycles. The number of benzene rings is 1. The number of amidine groups is 1. The predicted octanol–water partition coefficient (Wildman–Crippen LogP) is 2.21. The fourth-order valence-corrected chi connectivity index (χ4v) is 1.96. The van der Waals surface area contributed by atoms with Gasteiger partial charge < -0.3 is 16.3 Å². The molecule has 0 saturated heterocycles. The predicted molar refractivity (Wildman–Crippen MR) is 79.7 cm³/mol. The zero-order chi connectivity index (χ0) is 15.2. The van der Waals surface area contributed by atoms with E-state index in [2.05, 4.69) is 10.5 Å². The number of rotatable bonds is 6. The molecule has 1 atom stereocenters. The molecule has 4 N–H and O–H groups in total. The first-order chi connectivity index (χ1) is 9.47. The van der Waals surface area contributed by atoms with Gasteiger partial charge >= 0.3 is 0 Å². The van der Waals surface area contributed by atoms with Crippen LogP contribution in [0.5, 0.6) is 0 Å². The summed E-state index contributed by atoms with van der Waals surface area (Å²) in [5.41, 5.74) is 6.10. The fraction of sp³-hybridized carbons (Fsp3) is 0.467. The molecule has 20 heavy (non-hydrogen) atoms. The van der Waals surface area contributed by atoms with E-state index in [-0.39, 0.29) is 17.3 Å². The zero-order valence-electron chi connectivity index (χ0n) is 12.3. The lowest BCUT2D eigenvalue weighted by Crippen LogP contribution is -2.49. The van der Waals surface area contributed by atoms with E-state index in [1.807, 2.05) is 39.0 Å². The van der Waals surface area contributed by atoms with Crippen LogP contribution >= 0.6 is 0 Å². The minimum Gasteiger partial charge on any atom is -0.409 e. The molecule has 0 aliphatic rings. The highest BCUT2D eigenvalue weighted by molar-refractivity contribution is 6.07. The zero-order valence-corrected chi connectivity index (χ0v) is 12.3. The normalized spacial score (nSPS) is 13.8. The molecule has 0 aliphatic heterocycles. The van der Waals surface area contributed by atoms with Gasteiger partial charge in [0.1, 0.15) is 5.92 Å². The van der Waals surface area contributed by atoms with Crippen molar-refractivity contribution in [2.24, 2.45) is 10.9 Å². The molecule has 0 bridgehead atoms. The summed E-state index contributed by atoms with van der Waals surface area (Å²) in [6, 6.07) is 9.07. The highest BCUT2D eigenvalue weighted by Gasteiger charge is 2.30. The Labute approximate surface area is 119 Å². The molecule has 1 rings (SSSR count). The highest BCUT2D eigenvalue weighted by Crippen LogP contribution is 2.20. The molecular formula is C15H23N3O2. The number of amides is 1. The van der Waals surface area contributed by atoms with E-state index in [9.17, 15) is 4.79 Å². The van der Waals surface area contributed by atoms with Gasteiger partial charge in [-0.3, -0.25) is 4.79 Å². The summed E-state index contributed by atoms with van der Waals surface area (Å²) in [5.74, 6) is -1.14. The number of carbonyl (C=O) groups excluding carboxylic acids is 1. The molecule has 1 aromatic rings. The molecular weight excluding hydrogens is 254 g/mol. The van der Waals surface area contributed by atoms with Gasteiger partial charge in [-0.1, -0.05) is 49.3 Å². The van der Waals surface area contributed by atoms with Crippen LogP contribution in [0, 0.1) is 0 Å². The lowest BCUT2D eigenvalue weighted by Gasteiger charge is -2.30. The van der Waals surface area contributed by atoms with Crippen molar-refractivity contribution in [2.75, 3.05) is 0 Å². The molecule has 0 heterocycles. The summed E-state index contributed by atoms with van der Waals surface area (Å²) < 4.78 is 0. The standard InChI is InChI=1S/C15H23N3O2/c1-4-15(3,5-2)17-14(19)12(13(16)18-20)11-9-7-6-8-10-11/h6-10,12,20H,4-5H2,1-3H3,(H2,16,18)(H,17,19). The number of oxime groups is 1.